The van der Waals surface area contributed by atoms with Crippen molar-refractivity contribution >= 4 is 6.08 Å². The number of hydrogen-bond acceptors (Lipinski definition) is 3. The summed E-state index contributed by atoms with van der Waals surface area (Å²) >= 11 is 0. The molecule has 0 bridgehead atoms. The second kappa shape index (κ2) is 4.04. The Kier molecular flexibility index (Phi) is 2.58. The first-order chi connectivity index (χ1) is 7.29. The van der Waals surface area contributed by atoms with Gasteiger partial charge in [-0.05, 0) is 28.5 Å². The molecule has 4 heteroatoms. The van der Waals surface area contributed by atoms with Crippen molar-refractivity contribution in [2.75, 3.05) is 0 Å². The largest absolute Gasteiger partial charge is 0.225 e. The Bertz CT molecular complexity index is 456. The molecule has 0 N–H and O–H groups in total. The summed E-state index contributed by atoms with van der Waals surface area (Å²) < 4.78 is 1.77. The Hall–Kier alpha value is -1.97. The van der Waals surface area contributed by atoms with Crippen molar-refractivity contribution < 1.29 is 0 Å². The highest BCUT2D eigenvalue weighted by molar-refractivity contribution is 5.47. The van der Waals surface area contributed by atoms with Crippen LogP contribution in [-0.4, -0.2) is 20.2 Å². The third-order valence-corrected chi connectivity index (χ3v) is 2.26. The lowest BCUT2D eigenvalue weighted by Crippen LogP contribution is -2.04. The maximum Gasteiger partial charge on any atom is 0.148 e. The topological polar surface area (TPSA) is 43.6 Å². The maximum atomic E-state index is 3.89. The minimum absolute atomic E-state index is 0.705. The fourth-order valence-corrected chi connectivity index (χ4v) is 1.33. The highest BCUT2D eigenvalue weighted by atomic mass is 15.5. The molecule has 4 nitrogen and oxygen atoms in total. The van der Waals surface area contributed by atoms with Crippen LogP contribution in [0.15, 0.2) is 30.8 Å². The minimum Gasteiger partial charge on any atom is -0.225 e. The van der Waals surface area contributed by atoms with Crippen molar-refractivity contribution in [1.82, 2.24) is 20.2 Å². The van der Waals surface area contributed by atoms with Gasteiger partial charge in [-0.1, -0.05) is 36.9 Å². The number of benzene rings is 1. The first-order valence-corrected chi connectivity index (χ1v) is 4.74. The van der Waals surface area contributed by atoms with Gasteiger partial charge >= 0.3 is 0 Å². The zero-order valence-corrected chi connectivity index (χ0v) is 8.59. The summed E-state index contributed by atoms with van der Waals surface area (Å²) in [7, 11) is 0. The molecule has 0 aliphatic carbocycles. The van der Waals surface area contributed by atoms with Crippen LogP contribution in [0.4, 0.5) is 0 Å². The van der Waals surface area contributed by atoms with Gasteiger partial charge in [0.25, 0.3) is 0 Å². The first-order valence-electron chi connectivity index (χ1n) is 4.74. The van der Waals surface area contributed by atoms with Gasteiger partial charge in [0.05, 0.1) is 6.54 Å². The van der Waals surface area contributed by atoms with E-state index in [0.29, 0.717) is 6.54 Å². The van der Waals surface area contributed by atoms with Crippen LogP contribution in [0.25, 0.3) is 6.08 Å². The van der Waals surface area contributed by atoms with Crippen LogP contribution in [0.3, 0.4) is 0 Å². The Morgan fingerprint density at radius 3 is 2.60 bits per heavy atom. The smallest absolute Gasteiger partial charge is 0.148 e. The number of rotatable bonds is 3. The second-order valence-corrected chi connectivity index (χ2v) is 3.33. The van der Waals surface area contributed by atoms with Gasteiger partial charge in [0, 0.05) is 0 Å². The van der Waals surface area contributed by atoms with Crippen molar-refractivity contribution in [1.29, 1.82) is 0 Å². The molecule has 0 amide bonds. The van der Waals surface area contributed by atoms with E-state index in [9.17, 15) is 0 Å². The summed E-state index contributed by atoms with van der Waals surface area (Å²) in [5, 5.41) is 11.3. The van der Waals surface area contributed by atoms with E-state index in [1.807, 2.05) is 25.1 Å². The molecular weight excluding hydrogens is 188 g/mol. The van der Waals surface area contributed by atoms with E-state index < -0.39 is 0 Å². The molecule has 0 saturated heterocycles. The van der Waals surface area contributed by atoms with Crippen molar-refractivity contribution in [3.8, 4) is 0 Å². The summed E-state index contributed by atoms with van der Waals surface area (Å²) in [6, 6.07) is 8.17. The van der Waals surface area contributed by atoms with E-state index >= 15 is 0 Å². The highest BCUT2D eigenvalue weighted by Crippen LogP contribution is 2.07. The molecule has 0 aliphatic heterocycles. The molecule has 2 aromatic rings. The van der Waals surface area contributed by atoms with Gasteiger partial charge in [-0.25, -0.2) is 4.68 Å². The molecular formula is C11H12N4. The van der Waals surface area contributed by atoms with Gasteiger partial charge in [0.2, 0.25) is 0 Å². The summed E-state index contributed by atoms with van der Waals surface area (Å²) in [6.45, 7) is 6.30. The summed E-state index contributed by atoms with van der Waals surface area (Å²) in [5.41, 5.74) is 2.29. The molecule has 76 valence electrons. The molecule has 0 saturated carbocycles. The molecule has 15 heavy (non-hydrogen) atoms. The molecule has 1 heterocycles. The molecule has 0 aliphatic rings. The van der Waals surface area contributed by atoms with Crippen molar-refractivity contribution in [3.05, 3.63) is 47.8 Å². The molecule has 0 spiro atoms. The number of nitrogens with zero attached hydrogens (tertiary/aromatic N) is 4. The van der Waals surface area contributed by atoms with Crippen LogP contribution < -0.4 is 0 Å². The van der Waals surface area contributed by atoms with Gasteiger partial charge < -0.3 is 0 Å². The van der Waals surface area contributed by atoms with Crippen LogP contribution in [-0.2, 0) is 6.54 Å². The van der Waals surface area contributed by atoms with E-state index in [4.69, 9.17) is 0 Å². The third kappa shape index (κ3) is 2.10. The van der Waals surface area contributed by atoms with Gasteiger partial charge in [-0.3, -0.25) is 0 Å². The van der Waals surface area contributed by atoms with E-state index in [2.05, 4.69) is 34.2 Å². The number of tetrazole rings is 1. The molecule has 0 radical (unpaired) electrons. The normalized spacial score (nSPS) is 10.2. The quantitative estimate of drug-likeness (QED) is 0.757. The van der Waals surface area contributed by atoms with Crippen molar-refractivity contribution in [2.45, 2.75) is 13.5 Å². The molecule has 2 rings (SSSR count). The summed E-state index contributed by atoms with van der Waals surface area (Å²) in [4.78, 5) is 0. The average Bonchev–Trinajstić information content (AvgIpc) is 2.66. The SMILES string of the molecule is C=Cc1ccc(Cn2nnnc2C)cc1. The van der Waals surface area contributed by atoms with E-state index in [0.717, 1.165) is 11.4 Å². The molecule has 0 fully saturated rings. The summed E-state index contributed by atoms with van der Waals surface area (Å²) in [6.07, 6.45) is 1.83. The van der Waals surface area contributed by atoms with Crippen LogP contribution in [0, 0.1) is 6.92 Å². The number of aromatic nitrogens is 4. The lowest BCUT2D eigenvalue weighted by molar-refractivity contribution is 0.633. The predicted molar refractivity (Wildman–Crippen MR) is 58.2 cm³/mol. The van der Waals surface area contributed by atoms with E-state index in [-0.39, 0.29) is 0 Å². The van der Waals surface area contributed by atoms with Gasteiger partial charge in [0.15, 0.2) is 0 Å². The first kappa shape index (κ1) is 9.58. The van der Waals surface area contributed by atoms with Crippen LogP contribution in [0.5, 0.6) is 0 Å². The zero-order chi connectivity index (χ0) is 10.7. The fraction of sp³-hybridized carbons (Fsp3) is 0.182. The Morgan fingerprint density at radius 2 is 2.07 bits per heavy atom. The van der Waals surface area contributed by atoms with E-state index in [1.165, 1.54) is 5.56 Å². The summed E-state index contributed by atoms with van der Waals surface area (Å²) in [5.74, 6) is 0.822. The van der Waals surface area contributed by atoms with Crippen molar-refractivity contribution in [3.63, 3.8) is 0 Å². The van der Waals surface area contributed by atoms with Crippen LogP contribution in [0.2, 0.25) is 0 Å². The average molecular weight is 200 g/mol. The maximum absolute atomic E-state index is 3.89. The van der Waals surface area contributed by atoms with Gasteiger partial charge in [-0.15, -0.1) is 5.10 Å². The lowest BCUT2D eigenvalue weighted by atomic mass is 10.1. The molecule has 1 aromatic carbocycles. The molecule has 0 atom stereocenters. The minimum atomic E-state index is 0.705. The second-order valence-electron chi connectivity index (χ2n) is 3.33. The number of aryl methyl sites for hydroxylation is 1. The highest BCUT2D eigenvalue weighted by Gasteiger charge is 2.00. The number of hydrogen-bond donors (Lipinski definition) is 0. The molecule has 1 aromatic heterocycles. The lowest BCUT2D eigenvalue weighted by Gasteiger charge is -2.02. The van der Waals surface area contributed by atoms with Crippen LogP contribution in [0.1, 0.15) is 17.0 Å². The Morgan fingerprint density at radius 1 is 1.33 bits per heavy atom. The van der Waals surface area contributed by atoms with Gasteiger partial charge in [-0.2, -0.15) is 0 Å². The van der Waals surface area contributed by atoms with E-state index in [1.54, 1.807) is 4.68 Å². The monoisotopic (exact) mass is 200 g/mol. The molecule has 0 unspecified atom stereocenters. The Balaban J connectivity index is 2.18. The van der Waals surface area contributed by atoms with Crippen molar-refractivity contribution in [2.24, 2.45) is 0 Å². The van der Waals surface area contributed by atoms with Crippen LogP contribution >= 0.6 is 0 Å². The standard InChI is InChI=1S/C11H12N4/c1-3-10-4-6-11(7-5-10)8-15-9(2)12-13-14-15/h3-7H,1,8H2,2H3. The Labute approximate surface area is 88.2 Å². The van der Waals surface area contributed by atoms with Gasteiger partial charge in [0.1, 0.15) is 5.82 Å². The predicted octanol–water partition coefficient (Wildman–Crippen LogP) is 1.67. The fourth-order valence-electron chi connectivity index (χ4n) is 1.33. The third-order valence-electron chi connectivity index (χ3n) is 2.26. The zero-order valence-electron chi connectivity index (χ0n) is 8.59.